The summed E-state index contributed by atoms with van der Waals surface area (Å²) in [5.74, 6) is 0.381. The summed E-state index contributed by atoms with van der Waals surface area (Å²) in [6.07, 6.45) is 1.98. The number of fused-ring (bicyclic) bond motifs is 2. The van der Waals surface area contributed by atoms with Crippen molar-refractivity contribution in [1.82, 2.24) is 9.13 Å². The van der Waals surface area contributed by atoms with Gasteiger partial charge in [0.05, 0.1) is 29.0 Å². The monoisotopic (exact) mass is 702 g/mol. The number of ether oxygens (including phenoxy) is 1. The summed E-state index contributed by atoms with van der Waals surface area (Å²) in [4.78, 5) is 33.7. The third kappa shape index (κ3) is 5.77. The second kappa shape index (κ2) is 12.7. The average molecular weight is 704 g/mol. The molecular formula is C38H31BrN4O3S. The molecule has 234 valence electrons. The molecule has 0 saturated heterocycles. The summed E-state index contributed by atoms with van der Waals surface area (Å²) in [5, 5.41) is 4.08. The fourth-order valence-corrected chi connectivity index (χ4v) is 7.47. The van der Waals surface area contributed by atoms with Crippen LogP contribution in [0.3, 0.4) is 0 Å². The lowest BCUT2D eigenvalue weighted by atomic mass is 9.95. The van der Waals surface area contributed by atoms with Gasteiger partial charge in [-0.05, 0) is 73.5 Å². The molecule has 7 nitrogen and oxygen atoms in total. The number of nitrogens with zero attached hydrogens (tertiary/aromatic N) is 3. The van der Waals surface area contributed by atoms with Crippen LogP contribution in [0.25, 0.3) is 17.0 Å². The van der Waals surface area contributed by atoms with E-state index in [0.717, 1.165) is 32.2 Å². The Bertz CT molecular complexity index is 2350. The van der Waals surface area contributed by atoms with Crippen LogP contribution in [-0.2, 0) is 11.3 Å². The number of thiazole rings is 1. The maximum absolute atomic E-state index is 14.4. The molecule has 1 amide bonds. The fraction of sp³-hybridized carbons (Fsp3) is 0.132. The van der Waals surface area contributed by atoms with Crippen LogP contribution in [0.15, 0.2) is 129 Å². The number of hydrogen-bond donors (Lipinski definition) is 1. The van der Waals surface area contributed by atoms with E-state index < -0.39 is 6.04 Å². The van der Waals surface area contributed by atoms with Crippen molar-refractivity contribution in [3.63, 3.8) is 0 Å². The van der Waals surface area contributed by atoms with E-state index in [1.807, 2.05) is 91.9 Å². The molecular weight excluding hydrogens is 672 g/mol. The number of aromatic nitrogens is 2. The highest BCUT2D eigenvalue weighted by atomic mass is 79.9. The smallest absolute Gasteiger partial charge is 0.271 e. The number of nitrogens with one attached hydrogen (secondary N) is 1. The first-order valence-corrected chi connectivity index (χ1v) is 16.8. The standard InChI is InChI=1S/C38H31BrN4O3S/c1-23-34(36(44)41-28-9-5-4-6-10-28)35(26-15-19-29(46-3)20-16-26)43-37(45)33(47-38(43)40-23)21-31-24(2)42(32-12-8-7-11-30(31)32)22-25-13-17-27(39)18-14-25/h4-21,35H,22H2,1-3H3,(H,41,44). The number of anilines is 1. The fourth-order valence-electron chi connectivity index (χ4n) is 6.18. The van der Waals surface area contributed by atoms with E-state index in [2.05, 4.69) is 57.0 Å². The van der Waals surface area contributed by atoms with E-state index in [0.29, 0.717) is 38.6 Å². The average Bonchev–Trinajstić information content (AvgIpc) is 3.53. The normalized spacial score (nSPS) is 14.6. The van der Waals surface area contributed by atoms with Crippen molar-refractivity contribution in [1.29, 1.82) is 0 Å². The van der Waals surface area contributed by atoms with Gasteiger partial charge in [-0.1, -0.05) is 87.9 Å². The predicted octanol–water partition coefficient (Wildman–Crippen LogP) is 6.96. The van der Waals surface area contributed by atoms with Crippen molar-refractivity contribution in [2.75, 3.05) is 12.4 Å². The van der Waals surface area contributed by atoms with Gasteiger partial charge in [0, 0.05) is 38.9 Å². The summed E-state index contributed by atoms with van der Waals surface area (Å²) >= 11 is 4.87. The Morgan fingerprint density at radius 2 is 1.66 bits per heavy atom. The first-order chi connectivity index (χ1) is 22.8. The molecule has 6 aromatic rings. The molecule has 4 aromatic carbocycles. The number of hydrogen-bond acceptors (Lipinski definition) is 5. The Kier molecular flexibility index (Phi) is 8.26. The van der Waals surface area contributed by atoms with Crippen molar-refractivity contribution in [3.05, 3.63) is 161 Å². The van der Waals surface area contributed by atoms with Crippen molar-refractivity contribution in [3.8, 4) is 5.75 Å². The largest absolute Gasteiger partial charge is 0.497 e. The predicted molar refractivity (Wildman–Crippen MR) is 192 cm³/mol. The molecule has 3 heterocycles. The van der Waals surface area contributed by atoms with Gasteiger partial charge in [-0.25, -0.2) is 4.99 Å². The number of benzene rings is 4. The minimum absolute atomic E-state index is 0.198. The number of amides is 1. The van der Waals surface area contributed by atoms with Gasteiger partial charge < -0.3 is 14.6 Å². The number of allylic oxidation sites excluding steroid dienone is 1. The van der Waals surface area contributed by atoms with E-state index in [9.17, 15) is 9.59 Å². The van der Waals surface area contributed by atoms with Crippen LogP contribution in [-0.4, -0.2) is 22.2 Å². The molecule has 9 heteroatoms. The Morgan fingerprint density at radius 3 is 2.38 bits per heavy atom. The lowest BCUT2D eigenvalue weighted by Gasteiger charge is -2.25. The minimum Gasteiger partial charge on any atom is -0.497 e. The molecule has 0 aliphatic carbocycles. The summed E-state index contributed by atoms with van der Waals surface area (Å²) in [5.41, 5.74) is 6.56. The van der Waals surface area contributed by atoms with E-state index in [1.54, 1.807) is 11.7 Å². The summed E-state index contributed by atoms with van der Waals surface area (Å²) in [6, 6.07) is 32.7. The molecule has 1 N–H and O–H groups in total. The second-order valence-electron chi connectivity index (χ2n) is 11.4. The molecule has 47 heavy (non-hydrogen) atoms. The van der Waals surface area contributed by atoms with E-state index in [4.69, 9.17) is 9.73 Å². The number of carbonyl (C=O) groups excluding carboxylic acids is 1. The molecule has 0 radical (unpaired) electrons. The minimum atomic E-state index is -0.678. The first kappa shape index (κ1) is 30.7. The Morgan fingerprint density at radius 1 is 0.957 bits per heavy atom. The topological polar surface area (TPSA) is 77.6 Å². The van der Waals surface area contributed by atoms with E-state index >= 15 is 0 Å². The van der Waals surface area contributed by atoms with Crippen LogP contribution < -0.4 is 24.9 Å². The van der Waals surface area contributed by atoms with Crippen LogP contribution in [0.4, 0.5) is 5.69 Å². The van der Waals surface area contributed by atoms with Gasteiger partial charge in [0.25, 0.3) is 11.5 Å². The van der Waals surface area contributed by atoms with Crippen LogP contribution in [0, 0.1) is 6.92 Å². The molecule has 1 aliphatic heterocycles. The number of rotatable bonds is 7. The quantitative estimate of drug-likeness (QED) is 0.196. The molecule has 2 aromatic heterocycles. The lowest BCUT2D eigenvalue weighted by Crippen LogP contribution is -2.40. The number of carbonyl (C=O) groups is 1. The number of methoxy groups -OCH3 is 1. The summed E-state index contributed by atoms with van der Waals surface area (Å²) in [6.45, 7) is 4.62. The summed E-state index contributed by atoms with van der Waals surface area (Å²) in [7, 11) is 1.61. The van der Waals surface area contributed by atoms with E-state index in [1.165, 1.54) is 16.9 Å². The summed E-state index contributed by atoms with van der Waals surface area (Å²) < 4.78 is 10.9. The van der Waals surface area contributed by atoms with Gasteiger partial charge in [-0.3, -0.25) is 14.2 Å². The van der Waals surface area contributed by atoms with Gasteiger partial charge in [-0.2, -0.15) is 0 Å². The molecule has 0 spiro atoms. The third-order valence-corrected chi connectivity index (χ3v) is 10.1. The van der Waals surface area contributed by atoms with Gasteiger partial charge in [0.15, 0.2) is 4.80 Å². The molecule has 0 bridgehead atoms. The van der Waals surface area contributed by atoms with Crippen molar-refractivity contribution in [2.45, 2.75) is 26.4 Å². The molecule has 0 saturated carbocycles. The molecule has 1 atom stereocenters. The Labute approximate surface area is 283 Å². The highest BCUT2D eigenvalue weighted by Crippen LogP contribution is 2.32. The molecule has 1 aliphatic rings. The zero-order valence-electron chi connectivity index (χ0n) is 26.0. The van der Waals surface area contributed by atoms with Gasteiger partial charge >= 0.3 is 0 Å². The molecule has 0 fully saturated rings. The van der Waals surface area contributed by atoms with Crippen LogP contribution in [0.1, 0.15) is 35.3 Å². The van der Waals surface area contributed by atoms with Crippen molar-refractivity contribution >= 4 is 55.8 Å². The second-order valence-corrected chi connectivity index (χ2v) is 13.3. The molecule has 7 rings (SSSR count). The maximum atomic E-state index is 14.4. The Balaban J connectivity index is 1.38. The van der Waals surface area contributed by atoms with Crippen molar-refractivity contribution in [2.24, 2.45) is 4.99 Å². The highest BCUT2D eigenvalue weighted by Gasteiger charge is 2.32. The SMILES string of the molecule is COc1ccc(C2C(C(=O)Nc3ccccc3)=C(C)N=c3sc(=Cc4c(C)n(Cc5ccc(Br)cc5)c5ccccc45)c(=O)n32)cc1. The molecule has 1 unspecified atom stereocenters. The van der Waals surface area contributed by atoms with Gasteiger partial charge in [0.2, 0.25) is 0 Å². The van der Waals surface area contributed by atoms with Crippen molar-refractivity contribution < 1.29 is 9.53 Å². The van der Waals surface area contributed by atoms with Gasteiger partial charge in [-0.15, -0.1) is 0 Å². The zero-order valence-corrected chi connectivity index (χ0v) is 28.4. The highest BCUT2D eigenvalue weighted by molar-refractivity contribution is 9.10. The van der Waals surface area contributed by atoms with Crippen LogP contribution >= 0.6 is 27.3 Å². The number of para-hydroxylation sites is 2. The maximum Gasteiger partial charge on any atom is 0.271 e. The van der Waals surface area contributed by atoms with Gasteiger partial charge in [0.1, 0.15) is 5.75 Å². The third-order valence-electron chi connectivity index (χ3n) is 8.54. The number of halogens is 1. The lowest BCUT2D eigenvalue weighted by molar-refractivity contribution is -0.113. The zero-order chi connectivity index (χ0) is 32.7. The Hall–Kier alpha value is -4.99. The van der Waals surface area contributed by atoms with E-state index in [-0.39, 0.29) is 11.5 Å². The first-order valence-electron chi connectivity index (χ1n) is 15.2. The van der Waals surface area contributed by atoms with Crippen LogP contribution in [0.5, 0.6) is 5.75 Å². The van der Waals surface area contributed by atoms with Crippen LogP contribution in [0.2, 0.25) is 0 Å².